The van der Waals surface area contributed by atoms with Gasteiger partial charge in [-0.2, -0.15) is 0 Å². The number of hydrogen-bond acceptors (Lipinski definition) is 13. The number of carbonyl (C=O) groups is 5. The van der Waals surface area contributed by atoms with E-state index in [9.17, 15) is 29.1 Å². The van der Waals surface area contributed by atoms with Crippen molar-refractivity contribution in [3.05, 3.63) is 94.5 Å². The zero-order valence-corrected chi connectivity index (χ0v) is 29.9. The Balaban J connectivity index is 0.795. The molecule has 5 N–H and O–H groups in total. The highest BCUT2D eigenvalue weighted by Crippen LogP contribution is 2.39. The summed E-state index contributed by atoms with van der Waals surface area (Å²) in [4.78, 5) is 71.9. The molecule has 282 valence electrons. The van der Waals surface area contributed by atoms with Gasteiger partial charge in [-0.1, -0.05) is 12.1 Å². The lowest BCUT2D eigenvalue weighted by molar-refractivity contribution is -0.139. The van der Waals surface area contributed by atoms with Crippen LogP contribution in [0, 0.1) is 0 Å². The Labute approximate surface area is 314 Å². The molecular formula is C37H39N7O9S. The third-order valence-electron chi connectivity index (χ3n) is 8.54. The molecule has 17 heteroatoms. The SMILES string of the molecule is O=C1CCC(N2C(=O)c3cccc(NCCOCCOCCOCCNC(=O)c4ccc(C(=O)Nc5nc(-c6ccccn6)cs5)cc4)c3C2O)C(=O)N1. The molecule has 2 aromatic heterocycles. The van der Waals surface area contributed by atoms with Crippen molar-refractivity contribution in [2.24, 2.45) is 0 Å². The third kappa shape index (κ3) is 9.49. The molecule has 0 bridgehead atoms. The van der Waals surface area contributed by atoms with Gasteiger partial charge in [0.1, 0.15) is 11.7 Å². The molecule has 2 aromatic carbocycles. The number of pyridine rings is 1. The van der Waals surface area contributed by atoms with Gasteiger partial charge in [0.25, 0.3) is 17.7 Å². The van der Waals surface area contributed by atoms with Crippen LogP contribution in [0.5, 0.6) is 0 Å². The lowest BCUT2D eigenvalue weighted by Gasteiger charge is -2.32. The Bertz CT molecular complexity index is 1960. The third-order valence-corrected chi connectivity index (χ3v) is 9.30. The number of thiazole rings is 1. The molecule has 2 aliphatic heterocycles. The molecule has 54 heavy (non-hydrogen) atoms. The standard InChI is InChI=1S/C37H39N7O9S/c45-30-12-11-29(34(48)42-30)44-35(49)25-4-3-6-27(31(25)36(44)50)39-14-16-51-18-20-53-21-19-52-17-15-40-32(46)23-7-9-24(10-8-23)33(47)43-37-41-28(22-54-37)26-5-1-2-13-38-26/h1-10,13,22,29,36,39,50H,11-12,14-21H2,(H,40,46)(H,41,43,47)(H,42,45,48). The molecule has 0 aliphatic carbocycles. The maximum Gasteiger partial charge on any atom is 0.257 e. The van der Waals surface area contributed by atoms with Crippen molar-refractivity contribution in [1.29, 1.82) is 0 Å². The molecule has 0 saturated carbocycles. The second-order valence-electron chi connectivity index (χ2n) is 12.1. The van der Waals surface area contributed by atoms with Crippen molar-refractivity contribution >= 4 is 51.7 Å². The minimum atomic E-state index is -1.32. The number of nitrogens with one attached hydrogen (secondary N) is 4. The van der Waals surface area contributed by atoms with Crippen LogP contribution < -0.4 is 21.3 Å². The Kier molecular flexibility index (Phi) is 13.0. The number of aromatic nitrogens is 2. The van der Waals surface area contributed by atoms with Crippen LogP contribution in [-0.4, -0.2) is 108 Å². The maximum atomic E-state index is 13.0. The van der Waals surface area contributed by atoms with Crippen LogP contribution >= 0.6 is 11.3 Å². The van der Waals surface area contributed by atoms with Gasteiger partial charge in [0.15, 0.2) is 11.4 Å². The van der Waals surface area contributed by atoms with Gasteiger partial charge >= 0.3 is 0 Å². The summed E-state index contributed by atoms with van der Waals surface area (Å²) in [7, 11) is 0. The molecule has 0 spiro atoms. The monoisotopic (exact) mass is 757 g/mol. The van der Waals surface area contributed by atoms with Crippen LogP contribution in [0.15, 0.2) is 72.2 Å². The second kappa shape index (κ2) is 18.4. The van der Waals surface area contributed by atoms with Gasteiger partial charge in [-0.05, 0) is 55.0 Å². The van der Waals surface area contributed by atoms with Gasteiger partial charge in [-0.3, -0.25) is 44.5 Å². The normalized spacial score (nSPS) is 16.5. The van der Waals surface area contributed by atoms with Gasteiger partial charge in [0.05, 0.1) is 45.3 Å². The van der Waals surface area contributed by atoms with E-state index >= 15 is 0 Å². The van der Waals surface area contributed by atoms with Gasteiger partial charge in [0, 0.05) is 59.0 Å². The molecule has 0 radical (unpaired) electrons. The Morgan fingerprint density at radius 1 is 0.852 bits per heavy atom. The number of aliphatic hydroxyl groups is 1. The van der Waals surface area contributed by atoms with Crippen LogP contribution in [0.3, 0.4) is 0 Å². The summed E-state index contributed by atoms with van der Waals surface area (Å²) in [5.41, 5.74) is 3.43. The predicted octanol–water partition coefficient (Wildman–Crippen LogP) is 2.60. The molecule has 2 atom stereocenters. The molecule has 1 saturated heterocycles. The highest BCUT2D eigenvalue weighted by Gasteiger charge is 2.45. The van der Waals surface area contributed by atoms with E-state index in [1.165, 1.54) is 11.3 Å². The minimum absolute atomic E-state index is 0.0932. The number of benzene rings is 2. The van der Waals surface area contributed by atoms with E-state index in [0.717, 1.165) is 10.6 Å². The number of carbonyl (C=O) groups excluding carboxylic acids is 5. The highest BCUT2D eigenvalue weighted by molar-refractivity contribution is 7.14. The average molecular weight is 758 g/mol. The molecule has 5 amide bonds. The van der Waals surface area contributed by atoms with Crippen molar-refractivity contribution in [3.8, 4) is 11.4 Å². The zero-order valence-electron chi connectivity index (χ0n) is 29.1. The van der Waals surface area contributed by atoms with E-state index in [4.69, 9.17) is 14.2 Å². The van der Waals surface area contributed by atoms with Crippen LogP contribution in [0.2, 0.25) is 0 Å². The van der Waals surface area contributed by atoms with Gasteiger partial charge in [-0.15, -0.1) is 11.3 Å². The first-order valence-electron chi connectivity index (χ1n) is 17.3. The number of rotatable bonds is 18. The molecule has 1 fully saturated rings. The van der Waals surface area contributed by atoms with E-state index < -0.39 is 30.0 Å². The minimum Gasteiger partial charge on any atom is -0.382 e. The number of fused-ring (bicyclic) bond motifs is 1. The number of anilines is 2. The second-order valence-corrected chi connectivity index (χ2v) is 13.0. The number of amides is 5. The van der Waals surface area contributed by atoms with Crippen molar-refractivity contribution in [2.75, 3.05) is 63.4 Å². The van der Waals surface area contributed by atoms with Gasteiger partial charge < -0.3 is 30.0 Å². The first-order valence-corrected chi connectivity index (χ1v) is 18.2. The summed E-state index contributed by atoms with van der Waals surface area (Å²) < 4.78 is 16.7. The lowest BCUT2D eigenvalue weighted by Crippen LogP contribution is -2.53. The fraction of sp³-hybridized carbons (Fsp3) is 0.324. The Morgan fingerprint density at radius 2 is 1.56 bits per heavy atom. The summed E-state index contributed by atoms with van der Waals surface area (Å²) in [5.74, 6) is -2.08. The summed E-state index contributed by atoms with van der Waals surface area (Å²) in [6.45, 7) is 2.68. The van der Waals surface area contributed by atoms with Crippen molar-refractivity contribution in [3.63, 3.8) is 0 Å². The summed E-state index contributed by atoms with van der Waals surface area (Å²) in [6.07, 6.45) is 0.599. The summed E-state index contributed by atoms with van der Waals surface area (Å²) >= 11 is 1.30. The molecule has 16 nitrogen and oxygen atoms in total. The molecule has 4 heterocycles. The number of piperidine rings is 1. The summed E-state index contributed by atoms with van der Waals surface area (Å²) in [5, 5.41) is 24.2. The van der Waals surface area contributed by atoms with Crippen molar-refractivity contribution < 1.29 is 43.3 Å². The highest BCUT2D eigenvalue weighted by atomic mass is 32.1. The van der Waals surface area contributed by atoms with E-state index in [2.05, 4.69) is 31.2 Å². The van der Waals surface area contributed by atoms with E-state index in [0.29, 0.717) is 91.5 Å². The molecular weight excluding hydrogens is 719 g/mol. The Hall–Kier alpha value is -5.59. The number of hydrogen-bond donors (Lipinski definition) is 5. The smallest absolute Gasteiger partial charge is 0.257 e. The fourth-order valence-corrected chi connectivity index (χ4v) is 6.58. The molecule has 6 rings (SSSR count). The Morgan fingerprint density at radius 3 is 2.26 bits per heavy atom. The maximum absolute atomic E-state index is 13.0. The first kappa shape index (κ1) is 38.1. The number of imide groups is 1. The number of aliphatic hydroxyl groups excluding tert-OH is 1. The van der Waals surface area contributed by atoms with Crippen LogP contribution in [0.1, 0.15) is 55.7 Å². The average Bonchev–Trinajstić information content (AvgIpc) is 3.75. The number of ether oxygens (including phenoxy) is 3. The van der Waals surface area contributed by atoms with Crippen LogP contribution in [-0.2, 0) is 23.8 Å². The quantitative estimate of drug-likeness (QED) is 0.0733. The van der Waals surface area contributed by atoms with E-state index in [-0.39, 0.29) is 24.7 Å². The van der Waals surface area contributed by atoms with Crippen molar-refractivity contribution in [2.45, 2.75) is 25.1 Å². The fourth-order valence-electron chi connectivity index (χ4n) is 5.88. The van der Waals surface area contributed by atoms with E-state index in [1.54, 1.807) is 48.7 Å². The topological polar surface area (TPSA) is 210 Å². The zero-order chi connectivity index (χ0) is 37.9. The van der Waals surface area contributed by atoms with E-state index in [1.807, 2.05) is 23.6 Å². The first-order chi connectivity index (χ1) is 26.3. The van der Waals surface area contributed by atoms with Crippen molar-refractivity contribution in [1.82, 2.24) is 25.5 Å². The largest absolute Gasteiger partial charge is 0.382 e. The van der Waals surface area contributed by atoms with Gasteiger partial charge in [0.2, 0.25) is 11.8 Å². The molecule has 2 aliphatic rings. The van der Waals surface area contributed by atoms with Gasteiger partial charge in [-0.25, -0.2) is 4.98 Å². The molecule has 4 aromatic rings. The number of nitrogens with zero attached hydrogens (tertiary/aromatic N) is 3. The molecule has 2 unspecified atom stereocenters. The predicted molar refractivity (Wildman–Crippen MR) is 197 cm³/mol. The summed E-state index contributed by atoms with van der Waals surface area (Å²) in [6, 6.07) is 15.9. The van der Waals surface area contributed by atoms with Crippen LogP contribution in [0.4, 0.5) is 10.8 Å². The van der Waals surface area contributed by atoms with Crippen LogP contribution in [0.25, 0.3) is 11.4 Å². The lowest BCUT2D eigenvalue weighted by atomic mass is 10.0.